The molecule has 1 aromatic rings. The van der Waals surface area contributed by atoms with E-state index in [2.05, 4.69) is 4.98 Å². The zero-order valence-corrected chi connectivity index (χ0v) is 10.7. The molecule has 1 aromatic heterocycles. The second-order valence-electron chi connectivity index (χ2n) is 2.95. The van der Waals surface area contributed by atoms with E-state index in [1.54, 1.807) is 13.2 Å². The summed E-state index contributed by atoms with van der Waals surface area (Å²) in [7, 11) is 2.78. The molecule has 0 aliphatic heterocycles. The standard InChI is InChI=1S/C8H15N3O4Si/c1-10(16(13-2,14-3)15-4)8(12)11-6-5-9-7-11/h5-7H,1-4H3. The first-order valence-corrected chi connectivity index (χ1v) is 6.20. The van der Waals surface area contributed by atoms with Crippen LogP contribution >= 0.6 is 0 Å². The molecule has 0 saturated carbocycles. The van der Waals surface area contributed by atoms with Gasteiger partial charge in [0.15, 0.2) is 0 Å². The van der Waals surface area contributed by atoms with Gasteiger partial charge in [-0.15, -0.1) is 0 Å². The summed E-state index contributed by atoms with van der Waals surface area (Å²) < 4.78 is 18.2. The van der Waals surface area contributed by atoms with E-state index in [1.165, 1.54) is 43.0 Å². The summed E-state index contributed by atoms with van der Waals surface area (Å²) in [6, 6.07) is -0.324. The third-order valence-electron chi connectivity index (χ3n) is 2.20. The average Bonchev–Trinajstić information content (AvgIpc) is 2.84. The highest BCUT2D eigenvalue weighted by molar-refractivity contribution is 6.60. The van der Waals surface area contributed by atoms with Gasteiger partial charge in [-0.25, -0.2) is 9.78 Å². The lowest BCUT2D eigenvalue weighted by Gasteiger charge is -2.31. The van der Waals surface area contributed by atoms with E-state index in [4.69, 9.17) is 13.3 Å². The zero-order valence-electron chi connectivity index (χ0n) is 9.71. The molecule has 0 bridgehead atoms. The van der Waals surface area contributed by atoms with Crippen LogP contribution in [0.2, 0.25) is 0 Å². The van der Waals surface area contributed by atoms with E-state index in [-0.39, 0.29) is 6.03 Å². The summed E-state index contributed by atoms with van der Waals surface area (Å²) in [5, 5.41) is 0. The fraction of sp³-hybridized carbons (Fsp3) is 0.500. The van der Waals surface area contributed by atoms with Crippen molar-refractivity contribution >= 4 is 15.0 Å². The molecule has 0 radical (unpaired) electrons. The highest BCUT2D eigenvalue weighted by Gasteiger charge is 2.48. The van der Waals surface area contributed by atoms with Crippen LogP contribution < -0.4 is 0 Å². The van der Waals surface area contributed by atoms with Crippen LogP contribution in [0.3, 0.4) is 0 Å². The second-order valence-corrected chi connectivity index (χ2v) is 5.89. The SMILES string of the molecule is CO[Si](OC)(OC)N(C)C(=O)n1ccnc1. The Hall–Kier alpha value is -1.22. The molecule has 0 aromatic carbocycles. The van der Waals surface area contributed by atoms with Gasteiger partial charge in [-0.1, -0.05) is 0 Å². The molecule has 16 heavy (non-hydrogen) atoms. The van der Waals surface area contributed by atoms with Gasteiger partial charge < -0.3 is 13.3 Å². The molecule has 0 N–H and O–H groups in total. The first kappa shape index (κ1) is 12.8. The summed E-state index contributed by atoms with van der Waals surface area (Å²) in [5.41, 5.74) is 0. The predicted octanol–water partition coefficient (Wildman–Crippen LogP) is 0.158. The maximum atomic E-state index is 12.0. The van der Waals surface area contributed by atoms with Crippen LogP contribution in [0.4, 0.5) is 4.79 Å². The highest BCUT2D eigenvalue weighted by atomic mass is 28.4. The lowest BCUT2D eigenvalue weighted by molar-refractivity contribution is 0.0759. The molecule has 0 aliphatic carbocycles. The average molecular weight is 245 g/mol. The van der Waals surface area contributed by atoms with Crippen molar-refractivity contribution in [1.82, 2.24) is 14.1 Å². The fourth-order valence-electron chi connectivity index (χ4n) is 1.32. The summed E-state index contributed by atoms with van der Waals surface area (Å²) in [4.78, 5) is 15.8. The van der Waals surface area contributed by atoms with Crippen LogP contribution in [0.5, 0.6) is 0 Å². The van der Waals surface area contributed by atoms with E-state index < -0.39 is 8.97 Å². The van der Waals surface area contributed by atoms with Crippen LogP contribution in [0, 0.1) is 0 Å². The number of carbonyl (C=O) groups is 1. The molecule has 8 heteroatoms. The Bertz CT molecular complexity index is 331. The van der Waals surface area contributed by atoms with Gasteiger partial charge in [0.25, 0.3) is 0 Å². The van der Waals surface area contributed by atoms with Crippen LogP contribution in [0.1, 0.15) is 0 Å². The molecule has 90 valence electrons. The van der Waals surface area contributed by atoms with E-state index in [0.717, 1.165) is 0 Å². The Labute approximate surface area is 95.0 Å². The molecule has 1 heterocycles. The monoisotopic (exact) mass is 245 g/mol. The van der Waals surface area contributed by atoms with Gasteiger partial charge in [-0.05, 0) is 0 Å². The van der Waals surface area contributed by atoms with Crippen LogP contribution in [-0.2, 0) is 13.3 Å². The minimum absolute atomic E-state index is 0.324. The highest BCUT2D eigenvalue weighted by Crippen LogP contribution is 2.12. The van der Waals surface area contributed by atoms with Gasteiger partial charge in [-0.3, -0.25) is 9.13 Å². The van der Waals surface area contributed by atoms with Crippen LogP contribution in [-0.4, -0.2) is 57.5 Å². The van der Waals surface area contributed by atoms with E-state index >= 15 is 0 Å². The molecule has 0 aliphatic rings. The van der Waals surface area contributed by atoms with Crippen LogP contribution in [0.15, 0.2) is 18.7 Å². The van der Waals surface area contributed by atoms with Gasteiger partial charge in [-0.2, -0.15) is 0 Å². The maximum absolute atomic E-state index is 12.0. The van der Waals surface area contributed by atoms with E-state index in [1.807, 2.05) is 0 Å². The normalized spacial score (nSPS) is 11.5. The molecule has 0 spiro atoms. The second kappa shape index (κ2) is 5.21. The number of carbonyl (C=O) groups excluding carboxylic acids is 1. The zero-order chi connectivity index (χ0) is 12.2. The lowest BCUT2D eigenvalue weighted by Crippen LogP contribution is -2.60. The van der Waals surface area contributed by atoms with Gasteiger partial charge in [0.2, 0.25) is 0 Å². The van der Waals surface area contributed by atoms with Crippen molar-refractivity contribution in [3.63, 3.8) is 0 Å². The largest absolute Gasteiger partial charge is 0.636 e. The van der Waals surface area contributed by atoms with Crippen molar-refractivity contribution in [2.24, 2.45) is 0 Å². The maximum Gasteiger partial charge on any atom is 0.636 e. The molecule has 1 rings (SSSR count). The number of nitrogens with zero attached hydrogens (tertiary/aromatic N) is 3. The molecule has 0 unspecified atom stereocenters. The molecular weight excluding hydrogens is 230 g/mol. The van der Waals surface area contributed by atoms with Gasteiger partial charge >= 0.3 is 15.0 Å². The van der Waals surface area contributed by atoms with Gasteiger partial charge in [0, 0.05) is 40.8 Å². The Kier molecular flexibility index (Phi) is 4.18. The van der Waals surface area contributed by atoms with Crippen molar-refractivity contribution in [2.75, 3.05) is 28.4 Å². The molecule has 7 nitrogen and oxygen atoms in total. The first-order valence-electron chi connectivity index (χ1n) is 4.53. The quantitative estimate of drug-likeness (QED) is 0.707. The topological polar surface area (TPSA) is 65.8 Å². The summed E-state index contributed by atoms with van der Waals surface area (Å²) in [5.74, 6) is 0. The van der Waals surface area contributed by atoms with E-state index in [0.29, 0.717) is 0 Å². The number of imidazole rings is 1. The summed E-state index contributed by atoms with van der Waals surface area (Å²) >= 11 is 0. The summed E-state index contributed by atoms with van der Waals surface area (Å²) in [6.07, 6.45) is 4.46. The van der Waals surface area contributed by atoms with Gasteiger partial charge in [0.05, 0.1) is 0 Å². The smallest absolute Gasteiger partial charge is 0.360 e. The molecule has 0 saturated heterocycles. The number of hydrogen-bond acceptors (Lipinski definition) is 5. The minimum atomic E-state index is -3.10. The molecular formula is C8H15N3O4Si. The Balaban J connectivity index is 2.91. The fourth-order valence-corrected chi connectivity index (χ4v) is 2.99. The third kappa shape index (κ3) is 2.14. The number of hydrogen-bond donors (Lipinski definition) is 0. The number of aromatic nitrogens is 2. The molecule has 1 amide bonds. The third-order valence-corrected chi connectivity index (χ3v) is 4.76. The molecule has 0 atom stereocenters. The lowest BCUT2D eigenvalue weighted by atomic mass is 10.8. The van der Waals surface area contributed by atoms with Crippen molar-refractivity contribution < 1.29 is 18.1 Å². The van der Waals surface area contributed by atoms with E-state index in [9.17, 15) is 4.79 Å². The molecule has 0 fully saturated rings. The van der Waals surface area contributed by atoms with Crippen molar-refractivity contribution in [2.45, 2.75) is 0 Å². The number of rotatable bonds is 4. The van der Waals surface area contributed by atoms with Crippen LogP contribution in [0.25, 0.3) is 0 Å². The minimum Gasteiger partial charge on any atom is -0.360 e. The van der Waals surface area contributed by atoms with Gasteiger partial charge in [0.1, 0.15) is 6.33 Å². The summed E-state index contributed by atoms with van der Waals surface area (Å²) in [6.45, 7) is 0. The Morgan fingerprint density at radius 2 is 1.88 bits per heavy atom. The Morgan fingerprint density at radius 1 is 1.31 bits per heavy atom. The predicted molar refractivity (Wildman–Crippen MR) is 57.6 cm³/mol. The van der Waals surface area contributed by atoms with Crippen molar-refractivity contribution in [1.29, 1.82) is 0 Å². The first-order chi connectivity index (χ1) is 7.61. The van der Waals surface area contributed by atoms with Crippen molar-refractivity contribution in [3.05, 3.63) is 18.7 Å². The van der Waals surface area contributed by atoms with Crippen molar-refractivity contribution in [3.8, 4) is 0 Å². The number of amides is 1. The Morgan fingerprint density at radius 3 is 2.25 bits per heavy atom.